The van der Waals surface area contributed by atoms with Gasteiger partial charge in [-0.25, -0.2) is 4.79 Å². The quantitative estimate of drug-likeness (QED) is 0.449. The molecule has 3 aliphatic carbocycles. The van der Waals surface area contributed by atoms with Gasteiger partial charge >= 0.3 is 5.97 Å². The molecule has 2 saturated carbocycles. The van der Waals surface area contributed by atoms with Gasteiger partial charge in [0.05, 0.1) is 29.8 Å². The third kappa shape index (κ3) is 2.97. The summed E-state index contributed by atoms with van der Waals surface area (Å²) in [5.74, 6) is -1.97. The molecule has 0 radical (unpaired) electrons. The summed E-state index contributed by atoms with van der Waals surface area (Å²) in [5, 5.41) is 35.1. The van der Waals surface area contributed by atoms with Gasteiger partial charge in [0.2, 0.25) is 0 Å². The Balaban J connectivity index is 1.72. The van der Waals surface area contributed by atoms with Gasteiger partial charge in [-0.3, -0.25) is 4.79 Å². The molecular formula is C27H34O7. The maximum atomic E-state index is 14.0. The molecule has 1 heterocycles. The van der Waals surface area contributed by atoms with Crippen molar-refractivity contribution in [3.05, 3.63) is 47.0 Å². The minimum absolute atomic E-state index is 0.188. The van der Waals surface area contributed by atoms with Crippen molar-refractivity contribution in [2.45, 2.75) is 77.0 Å². The first-order chi connectivity index (χ1) is 15.9. The lowest BCUT2D eigenvalue weighted by molar-refractivity contribution is -0.274. The van der Waals surface area contributed by atoms with Crippen molar-refractivity contribution in [3.63, 3.8) is 0 Å². The summed E-state index contributed by atoms with van der Waals surface area (Å²) in [6, 6.07) is 8.58. The monoisotopic (exact) mass is 470 g/mol. The summed E-state index contributed by atoms with van der Waals surface area (Å²) in [5.41, 5.74) is -2.36. The second-order valence-electron chi connectivity index (χ2n) is 11.3. The van der Waals surface area contributed by atoms with Crippen LogP contribution in [0.5, 0.6) is 0 Å². The van der Waals surface area contributed by atoms with Crippen LogP contribution in [0.1, 0.15) is 57.3 Å². The van der Waals surface area contributed by atoms with E-state index < -0.39 is 52.4 Å². The third-order valence-electron chi connectivity index (χ3n) is 9.47. The number of hydrogen-bond acceptors (Lipinski definition) is 7. The van der Waals surface area contributed by atoms with Crippen LogP contribution in [0.15, 0.2) is 41.5 Å². The van der Waals surface area contributed by atoms with E-state index in [0.717, 1.165) is 5.57 Å². The fourth-order valence-corrected chi connectivity index (χ4v) is 7.24. The Labute approximate surface area is 199 Å². The highest BCUT2D eigenvalue weighted by molar-refractivity contribution is 5.93. The minimum Gasteiger partial charge on any atom is -0.455 e. The first kappa shape index (κ1) is 23.7. The number of carbonyl (C=O) groups is 2. The van der Waals surface area contributed by atoms with Crippen LogP contribution in [-0.4, -0.2) is 63.7 Å². The SMILES string of the molecule is CC1=C2[C@@H](O)C(=O)C3(C)C(O)C[C@H]4OCC4C3[C@H](OC(=O)c3ccccc3)C(O)(CC1)C2(C)C. The molecule has 1 aromatic rings. The predicted molar refractivity (Wildman–Crippen MR) is 123 cm³/mol. The molecule has 34 heavy (non-hydrogen) atoms. The van der Waals surface area contributed by atoms with Crippen LogP contribution in [0.3, 0.4) is 0 Å². The molecule has 5 unspecified atom stereocenters. The number of carbonyl (C=O) groups excluding carboxylic acids is 2. The first-order valence-corrected chi connectivity index (χ1v) is 12.1. The van der Waals surface area contributed by atoms with Crippen molar-refractivity contribution in [3.8, 4) is 0 Å². The fraction of sp³-hybridized carbons (Fsp3) is 0.630. The molecule has 8 atom stereocenters. The lowest BCUT2D eigenvalue weighted by Crippen LogP contribution is -2.74. The van der Waals surface area contributed by atoms with Crippen LogP contribution in [0.25, 0.3) is 0 Å². The van der Waals surface area contributed by atoms with Crippen LogP contribution in [-0.2, 0) is 14.3 Å². The van der Waals surface area contributed by atoms with Crippen molar-refractivity contribution < 1.29 is 34.4 Å². The van der Waals surface area contributed by atoms with Crippen molar-refractivity contribution in [2.75, 3.05) is 6.61 Å². The smallest absolute Gasteiger partial charge is 0.338 e. The van der Waals surface area contributed by atoms with E-state index in [4.69, 9.17) is 9.47 Å². The topological polar surface area (TPSA) is 113 Å². The molecule has 3 N–H and O–H groups in total. The number of aliphatic hydroxyl groups is 3. The Hall–Kier alpha value is -2.06. The van der Waals surface area contributed by atoms with Gasteiger partial charge in [-0.1, -0.05) is 37.6 Å². The average Bonchev–Trinajstić information content (AvgIpc) is 2.79. The van der Waals surface area contributed by atoms with E-state index in [1.54, 1.807) is 37.3 Å². The highest BCUT2D eigenvalue weighted by atomic mass is 16.6. The van der Waals surface area contributed by atoms with Crippen molar-refractivity contribution in [2.24, 2.45) is 22.7 Å². The van der Waals surface area contributed by atoms with Crippen LogP contribution in [0, 0.1) is 22.7 Å². The van der Waals surface area contributed by atoms with E-state index in [2.05, 4.69) is 0 Å². The number of fused-ring (bicyclic) bond motifs is 5. The fourth-order valence-electron chi connectivity index (χ4n) is 7.24. The van der Waals surface area contributed by atoms with Gasteiger partial charge < -0.3 is 24.8 Å². The molecule has 0 amide bonds. The summed E-state index contributed by atoms with van der Waals surface area (Å²) in [4.78, 5) is 27.3. The van der Waals surface area contributed by atoms with E-state index in [1.807, 2.05) is 20.8 Å². The maximum absolute atomic E-state index is 14.0. The molecule has 184 valence electrons. The molecule has 0 aromatic heterocycles. The Kier molecular flexibility index (Phi) is 5.37. The zero-order valence-corrected chi connectivity index (χ0v) is 20.2. The van der Waals surface area contributed by atoms with Gasteiger partial charge in [0.25, 0.3) is 0 Å². The Bertz CT molecular complexity index is 1050. The first-order valence-electron chi connectivity index (χ1n) is 12.1. The molecular weight excluding hydrogens is 436 g/mol. The summed E-state index contributed by atoms with van der Waals surface area (Å²) < 4.78 is 11.9. The molecule has 1 saturated heterocycles. The van der Waals surface area contributed by atoms with Gasteiger partial charge in [-0.05, 0) is 44.4 Å². The number of allylic oxidation sites excluding steroid dienone is 1. The zero-order valence-electron chi connectivity index (χ0n) is 20.2. The summed E-state index contributed by atoms with van der Waals surface area (Å²) in [6.45, 7) is 7.48. The van der Waals surface area contributed by atoms with Gasteiger partial charge in [-0.15, -0.1) is 0 Å². The third-order valence-corrected chi connectivity index (χ3v) is 9.47. The van der Waals surface area contributed by atoms with Crippen molar-refractivity contribution in [1.29, 1.82) is 0 Å². The molecule has 3 fully saturated rings. The van der Waals surface area contributed by atoms with E-state index >= 15 is 0 Å². The summed E-state index contributed by atoms with van der Waals surface area (Å²) in [6.07, 6.45) is -2.89. The lowest BCUT2D eigenvalue weighted by Gasteiger charge is -2.64. The largest absolute Gasteiger partial charge is 0.455 e. The van der Waals surface area contributed by atoms with Gasteiger partial charge in [-0.2, -0.15) is 0 Å². The average molecular weight is 471 g/mol. The van der Waals surface area contributed by atoms with Crippen LogP contribution in [0.4, 0.5) is 0 Å². The number of Topliss-reactive ketones (excluding diaryl/α,β-unsaturated/α-hetero) is 1. The van der Waals surface area contributed by atoms with Crippen LogP contribution < -0.4 is 0 Å². The number of hydrogen-bond donors (Lipinski definition) is 3. The molecule has 1 aromatic carbocycles. The standard InChI is InChI=1S/C27H34O7/c1-14-10-11-27(32)23(34-24(31)15-8-6-5-7-9-15)20-16-13-33-17(16)12-18(28)26(20,4)22(30)21(29)19(14)25(27,2)3/h5-9,16-18,20-21,23,28-29,32H,10-13H2,1-4H3/t16?,17-,18?,20?,21-,23+,26?,27?/m1/s1. The van der Waals surface area contributed by atoms with E-state index in [-0.39, 0.29) is 18.4 Å². The zero-order chi connectivity index (χ0) is 24.6. The van der Waals surface area contributed by atoms with Gasteiger partial charge in [0, 0.05) is 23.7 Å². The Morgan fingerprint density at radius 3 is 2.44 bits per heavy atom. The van der Waals surface area contributed by atoms with Crippen molar-refractivity contribution in [1.82, 2.24) is 0 Å². The second-order valence-corrected chi connectivity index (χ2v) is 11.3. The van der Waals surface area contributed by atoms with Crippen LogP contribution in [0.2, 0.25) is 0 Å². The Morgan fingerprint density at radius 1 is 1.15 bits per heavy atom. The number of ketones is 1. The maximum Gasteiger partial charge on any atom is 0.338 e. The molecule has 7 nitrogen and oxygen atoms in total. The number of benzene rings is 1. The molecule has 0 spiro atoms. The molecule has 5 rings (SSSR count). The van der Waals surface area contributed by atoms with E-state index in [1.165, 1.54) is 0 Å². The Morgan fingerprint density at radius 2 is 1.82 bits per heavy atom. The number of rotatable bonds is 2. The van der Waals surface area contributed by atoms with E-state index in [0.29, 0.717) is 30.6 Å². The predicted octanol–water partition coefficient (Wildman–Crippen LogP) is 2.43. The molecule has 1 aliphatic heterocycles. The van der Waals surface area contributed by atoms with Gasteiger partial charge in [0.1, 0.15) is 17.8 Å². The number of ether oxygens (including phenoxy) is 2. The minimum atomic E-state index is -1.56. The lowest BCUT2D eigenvalue weighted by atomic mass is 9.46. The van der Waals surface area contributed by atoms with Crippen LogP contribution >= 0.6 is 0 Å². The molecule has 4 aliphatic rings. The molecule has 2 bridgehead atoms. The highest BCUT2D eigenvalue weighted by Crippen LogP contribution is 2.61. The van der Waals surface area contributed by atoms with Crippen molar-refractivity contribution >= 4 is 11.8 Å². The van der Waals surface area contributed by atoms with E-state index in [9.17, 15) is 24.9 Å². The number of esters is 1. The number of aliphatic hydroxyl groups excluding tert-OH is 2. The van der Waals surface area contributed by atoms with Gasteiger partial charge in [0.15, 0.2) is 5.78 Å². The summed E-state index contributed by atoms with van der Waals surface area (Å²) >= 11 is 0. The highest BCUT2D eigenvalue weighted by Gasteiger charge is 2.71. The normalized spacial score (nSPS) is 43.1. The summed E-state index contributed by atoms with van der Waals surface area (Å²) in [7, 11) is 0. The second kappa shape index (κ2) is 7.72. The molecule has 7 heteroatoms.